The molecule has 4 rings (SSSR count). The van der Waals surface area contributed by atoms with E-state index in [1.54, 1.807) is 31.8 Å². The van der Waals surface area contributed by atoms with E-state index in [9.17, 15) is 4.79 Å². The Kier molecular flexibility index (Phi) is 6.61. The van der Waals surface area contributed by atoms with Crippen LogP contribution in [0.5, 0.6) is 11.5 Å². The number of nitrogens with one attached hydrogen (secondary N) is 1. The normalized spacial score (nSPS) is 13.1. The monoisotopic (exact) mass is 448 g/mol. The molecule has 0 atom stereocenters. The van der Waals surface area contributed by atoms with Crippen LogP contribution in [0.1, 0.15) is 50.3 Å². The third kappa shape index (κ3) is 4.55. The minimum absolute atomic E-state index is 0.0962. The molecule has 3 aromatic rings. The number of carbonyl (C=O) groups is 1. The van der Waals surface area contributed by atoms with Crippen LogP contribution in [-0.2, 0) is 12.8 Å². The first-order valence-electron chi connectivity index (χ1n) is 10.8. The highest BCUT2D eigenvalue weighted by molar-refractivity contribution is 7.16. The first-order chi connectivity index (χ1) is 15.5. The molecule has 6 heteroatoms. The fourth-order valence-electron chi connectivity index (χ4n) is 4.08. The molecule has 1 aliphatic rings. The van der Waals surface area contributed by atoms with E-state index in [1.165, 1.54) is 10.4 Å². The molecule has 1 amide bonds. The molecule has 0 saturated heterocycles. The van der Waals surface area contributed by atoms with Gasteiger partial charge in [0.25, 0.3) is 5.91 Å². The van der Waals surface area contributed by atoms with Gasteiger partial charge in [-0.3, -0.25) is 4.79 Å². The summed E-state index contributed by atoms with van der Waals surface area (Å²) >= 11 is 1.62. The zero-order chi connectivity index (χ0) is 22.7. The molecule has 5 nitrogen and oxygen atoms in total. The van der Waals surface area contributed by atoms with Gasteiger partial charge in [-0.25, -0.2) is 4.99 Å². The smallest absolute Gasteiger partial charge is 0.259 e. The second-order valence-electron chi connectivity index (χ2n) is 8.03. The van der Waals surface area contributed by atoms with E-state index in [4.69, 9.17) is 14.5 Å². The summed E-state index contributed by atoms with van der Waals surface area (Å²) < 4.78 is 10.8. The Bertz CT molecular complexity index is 1180. The van der Waals surface area contributed by atoms with Gasteiger partial charge in [0.2, 0.25) is 0 Å². The first kappa shape index (κ1) is 22.1. The highest BCUT2D eigenvalue weighted by atomic mass is 32.1. The largest absolute Gasteiger partial charge is 0.497 e. The molecule has 1 N–H and O–H groups in total. The molecule has 2 aromatic carbocycles. The average molecular weight is 449 g/mol. The van der Waals surface area contributed by atoms with E-state index >= 15 is 0 Å². The minimum atomic E-state index is -0.0962. The summed E-state index contributed by atoms with van der Waals surface area (Å²) in [5.41, 5.74) is 5.70. The van der Waals surface area contributed by atoms with Crippen LogP contribution in [0.3, 0.4) is 0 Å². The zero-order valence-electron chi connectivity index (χ0n) is 19.0. The fourth-order valence-corrected chi connectivity index (χ4v) is 5.31. The topological polar surface area (TPSA) is 59.9 Å². The Morgan fingerprint density at radius 2 is 1.88 bits per heavy atom. The van der Waals surface area contributed by atoms with Crippen molar-refractivity contribution in [1.82, 2.24) is 0 Å². The van der Waals surface area contributed by atoms with Gasteiger partial charge in [-0.05, 0) is 74.9 Å². The predicted octanol–water partition coefficient (Wildman–Crippen LogP) is 6.26. The minimum Gasteiger partial charge on any atom is -0.497 e. The summed E-state index contributed by atoms with van der Waals surface area (Å²) in [6.07, 6.45) is 5.92. The fraction of sp³-hybridized carbons (Fsp3) is 0.308. The Hall–Kier alpha value is -3.12. The molecule has 0 spiro atoms. The van der Waals surface area contributed by atoms with Crippen LogP contribution in [0, 0.1) is 13.8 Å². The van der Waals surface area contributed by atoms with Crippen molar-refractivity contribution in [3.63, 3.8) is 0 Å². The summed E-state index contributed by atoms with van der Waals surface area (Å²) in [6, 6.07) is 11.6. The van der Waals surface area contributed by atoms with Crippen LogP contribution in [0.25, 0.3) is 0 Å². The molecule has 1 heterocycles. The second kappa shape index (κ2) is 9.57. The van der Waals surface area contributed by atoms with Crippen molar-refractivity contribution in [2.24, 2.45) is 4.99 Å². The third-order valence-electron chi connectivity index (χ3n) is 5.77. The van der Waals surface area contributed by atoms with Gasteiger partial charge in [0.15, 0.2) is 0 Å². The Labute approximate surface area is 193 Å². The lowest BCUT2D eigenvalue weighted by Crippen LogP contribution is -2.15. The number of carbonyl (C=O) groups excluding carboxylic acids is 1. The van der Waals surface area contributed by atoms with Crippen molar-refractivity contribution in [2.45, 2.75) is 39.5 Å². The van der Waals surface area contributed by atoms with Gasteiger partial charge in [0.05, 0.1) is 19.8 Å². The van der Waals surface area contributed by atoms with Gasteiger partial charge in [0, 0.05) is 22.3 Å². The number of amides is 1. The van der Waals surface area contributed by atoms with Crippen molar-refractivity contribution in [3.05, 3.63) is 69.1 Å². The Morgan fingerprint density at radius 3 is 2.62 bits per heavy atom. The highest BCUT2D eigenvalue weighted by Crippen LogP contribution is 2.40. The number of fused-ring (bicyclic) bond motifs is 1. The Morgan fingerprint density at radius 1 is 1.06 bits per heavy atom. The van der Waals surface area contributed by atoms with Crippen LogP contribution in [0.2, 0.25) is 0 Å². The van der Waals surface area contributed by atoms with Gasteiger partial charge in [0.1, 0.15) is 16.5 Å². The maximum absolute atomic E-state index is 13.4. The molecular weight excluding hydrogens is 420 g/mol. The summed E-state index contributed by atoms with van der Waals surface area (Å²) in [4.78, 5) is 19.4. The molecule has 0 bridgehead atoms. The van der Waals surface area contributed by atoms with Crippen LogP contribution < -0.4 is 14.8 Å². The number of hydrogen-bond acceptors (Lipinski definition) is 5. The molecule has 0 radical (unpaired) electrons. The van der Waals surface area contributed by atoms with Crippen LogP contribution in [0.15, 0.2) is 41.4 Å². The lowest BCUT2D eigenvalue weighted by atomic mass is 9.95. The molecule has 0 aliphatic heterocycles. The molecule has 0 fully saturated rings. The van der Waals surface area contributed by atoms with Crippen molar-refractivity contribution < 1.29 is 14.3 Å². The van der Waals surface area contributed by atoms with E-state index in [2.05, 4.69) is 11.4 Å². The van der Waals surface area contributed by atoms with E-state index < -0.39 is 0 Å². The lowest BCUT2D eigenvalue weighted by molar-refractivity contribution is 0.102. The maximum Gasteiger partial charge on any atom is 0.259 e. The maximum atomic E-state index is 13.4. The summed E-state index contributed by atoms with van der Waals surface area (Å²) in [6.45, 7) is 4.06. The number of methoxy groups -OCH3 is 2. The number of ether oxygens (including phenoxy) is 2. The number of hydrogen-bond donors (Lipinski definition) is 1. The number of thiophene rings is 1. The van der Waals surface area contributed by atoms with Gasteiger partial charge < -0.3 is 14.8 Å². The first-order valence-corrected chi connectivity index (χ1v) is 11.6. The van der Waals surface area contributed by atoms with Crippen LogP contribution in [-0.4, -0.2) is 26.3 Å². The molecule has 0 unspecified atom stereocenters. The highest BCUT2D eigenvalue weighted by Gasteiger charge is 2.25. The molecule has 1 aromatic heterocycles. The van der Waals surface area contributed by atoms with Gasteiger partial charge in [-0.2, -0.15) is 0 Å². The molecule has 1 aliphatic carbocycles. The summed E-state index contributed by atoms with van der Waals surface area (Å²) in [7, 11) is 3.26. The standard InChI is InChI=1S/C26H28N2O3S/c1-16-9-11-21(17(2)13-16)28-25(29)24-20-7-5-6-8-23(20)32-26(24)27-15-18-14-19(30-3)10-12-22(18)31-4/h9-15H,5-8H2,1-4H3,(H,28,29). The van der Waals surface area contributed by atoms with Crippen LogP contribution in [0.4, 0.5) is 10.7 Å². The van der Waals surface area contributed by atoms with Crippen molar-refractivity contribution in [1.29, 1.82) is 0 Å². The molecule has 166 valence electrons. The van der Waals surface area contributed by atoms with E-state index in [0.29, 0.717) is 11.3 Å². The van der Waals surface area contributed by atoms with Crippen molar-refractivity contribution in [2.75, 3.05) is 19.5 Å². The zero-order valence-corrected chi connectivity index (χ0v) is 19.8. The number of nitrogens with zero attached hydrogens (tertiary/aromatic N) is 1. The third-order valence-corrected chi connectivity index (χ3v) is 6.97. The number of anilines is 1. The molecule has 32 heavy (non-hydrogen) atoms. The number of benzene rings is 2. The van der Waals surface area contributed by atoms with E-state index in [-0.39, 0.29) is 5.91 Å². The second-order valence-corrected chi connectivity index (χ2v) is 9.11. The van der Waals surface area contributed by atoms with Crippen LogP contribution >= 0.6 is 11.3 Å². The van der Waals surface area contributed by atoms with Gasteiger partial charge >= 0.3 is 0 Å². The van der Waals surface area contributed by atoms with Crippen molar-refractivity contribution in [3.8, 4) is 11.5 Å². The average Bonchev–Trinajstić information content (AvgIpc) is 3.17. The number of aliphatic imine (C=N–C) groups is 1. The van der Waals surface area contributed by atoms with Gasteiger partial charge in [-0.1, -0.05) is 17.7 Å². The number of rotatable bonds is 6. The van der Waals surface area contributed by atoms with E-state index in [1.807, 2.05) is 44.2 Å². The molecule has 0 saturated carbocycles. The SMILES string of the molecule is COc1ccc(OC)c(C=Nc2sc3c(c2C(=O)Nc2ccc(C)cc2C)CCCC3)c1. The van der Waals surface area contributed by atoms with Crippen molar-refractivity contribution >= 4 is 34.1 Å². The summed E-state index contributed by atoms with van der Waals surface area (Å²) in [5.74, 6) is 1.34. The van der Waals surface area contributed by atoms with E-state index in [0.717, 1.165) is 58.8 Å². The summed E-state index contributed by atoms with van der Waals surface area (Å²) in [5, 5.41) is 3.86. The lowest BCUT2D eigenvalue weighted by Gasteiger charge is -2.14. The quantitative estimate of drug-likeness (QED) is 0.453. The van der Waals surface area contributed by atoms with Gasteiger partial charge in [-0.15, -0.1) is 11.3 Å². The number of aryl methyl sites for hydroxylation is 3. The molecular formula is C26H28N2O3S. The Balaban J connectivity index is 1.71. The predicted molar refractivity (Wildman–Crippen MR) is 132 cm³/mol.